The van der Waals surface area contributed by atoms with E-state index in [0.29, 0.717) is 114 Å². The molecule has 0 saturated carbocycles. The largest absolute Gasteiger partial charge is 1.00 e. The first-order chi connectivity index (χ1) is 48.3. The molecule has 4 fully saturated rings. The Morgan fingerprint density at radius 2 is 0.843 bits per heavy atom. The van der Waals surface area contributed by atoms with Crippen LogP contribution in [0.4, 0.5) is 5.69 Å². The van der Waals surface area contributed by atoms with E-state index < -0.39 is 17.9 Å². The van der Waals surface area contributed by atoms with Crippen LogP contribution >= 0.6 is 69.6 Å². The number of halogens is 6. The van der Waals surface area contributed by atoms with Crippen LogP contribution in [0.1, 0.15) is 78.1 Å². The van der Waals surface area contributed by atoms with Gasteiger partial charge in [-0.3, -0.25) is 29.5 Å². The van der Waals surface area contributed by atoms with Crippen molar-refractivity contribution >= 4 is 143 Å². The summed E-state index contributed by atoms with van der Waals surface area (Å²) in [5.41, 5.74) is 6.97. The number of amides is 1. The Balaban J connectivity index is 0.000000184. The first kappa shape index (κ1) is 82.8. The van der Waals surface area contributed by atoms with Crippen LogP contribution in [-0.4, -0.2) is 264 Å². The van der Waals surface area contributed by atoms with Crippen LogP contribution in [0.25, 0.3) is 44.1 Å². The molecule has 102 heavy (non-hydrogen) atoms. The Hall–Kier alpha value is -6.44. The summed E-state index contributed by atoms with van der Waals surface area (Å²) in [6, 6.07) is 6.88. The second kappa shape index (κ2) is 40.7. The Bertz CT molecular complexity index is 4250. The molecule has 1 aromatic carbocycles. The molecule has 13 rings (SSSR count). The fourth-order valence-electron chi connectivity index (χ4n) is 11.2. The Morgan fingerprint density at radius 1 is 0.500 bits per heavy atom. The molecule has 0 unspecified atom stereocenters. The van der Waals surface area contributed by atoms with Gasteiger partial charge in [-0.2, -0.15) is 20.4 Å². The molecule has 9 aromatic rings. The Morgan fingerprint density at radius 3 is 1.23 bits per heavy atom. The molecule has 0 bridgehead atoms. The molecule has 1 amide bonds. The zero-order chi connectivity index (χ0) is 71.4. The number of nitrogens with one attached hydrogen (secondary N) is 2. The van der Waals surface area contributed by atoms with Crippen molar-refractivity contribution in [2.24, 2.45) is 0 Å². The second-order valence-electron chi connectivity index (χ2n) is 23.2. The van der Waals surface area contributed by atoms with Gasteiger partial charge < -0.3 is 44.3 Å². The van der Waals surface area contributed by atoms with Crippen LogP contribution < -0.4 is 24.2 Å². The van der Waals surface area contributed by atoms with Gasteiger partial charge in [0.05, 0.1) is 167 Å². The number of carbonyl (C=O) groups excluding carboxylic acids is 3. The van der Waals surface area contributed by atoms with E-state index in [2.05, 4.69) is 70.3 Å². The monoisotopic (exact) mass is 1520 g/mol. The number of aryl methyl sites for hydroxylation is 4. The number of aromatic nitrogens is 12. The third kappa shape index (κ3) is 21.6. The third-order valence-electron chi connectivity index (χ3n) is 16.6. The predicted molar refractivity (Wildman–Crippen MR) is 385 cm³/mol. The molecule has 36 heteroatoms. The molecule has 29 nitrogen and oxygen atoms in total. The van der Waals surface area contributed by atoms with E-state index in [9.17, 15) is 19.2 Å². The van der Waals surface area contributed by atoms with Crippen molar-refractivity contribution in [3.8, 4) is 0 Å². The zero-order valence-electron chi connectivity index (χ0n) is 58.0. The van der Waals surface area contributed by atoms with Crippen LogP contribution in [0.15, 0.2) is 49.1 Å². The SMILES string of the molecule is CCOC(=O)c1cnc2c(c(C)nn2CCN2CCOCC2)c1Cl.CCOC(=O)c1cnc2n[nH]c(C)c2c1Cl.Cc1nn(CCN2CCOCC2)c2ncc(C(=O)Nc3ccc(Cl)cc3)c(Cl)c12.Cc1nn(CCN2CCOCC2)c2ncc(C(=O)O)c(Cl)c12.ClCCN1CCOCC1.[Li+].[OH-]. The summed E-state index contributed by atoms with van der Waals surface area (Å²) in [5.74, 6) is -1.60. The van der Waals surface area contributed by atoms with Gasteiger partial charge in [0.2, 0.25) is 0 Å². The molecule has 0 radical (unpaired) electrons. The van der Waals surface area contributed by atoms with Gasteiger partial charge in [0.15, 0.2) is 22.6 Å². The average molecular weight is 1530 g/mol. The van der Waals surface area contributed by atoms with Crippen molar-refractivity contribution in [3.63, 3.8) is 0 Å². The fourth-order valence-corrected chi connectivity index (χ4v) is 13.0. The van der Waals surface area contributed by atoms with Gasteiger partial charge >= 0.3 is 36.8 Å². The van der Waals surface area contributed by atoms with Gasteiger partial charge in [-0.05, 0) is 65.8 Å². The first-order valence-corrected chi connectivity index (χ1v) is 35.2. The molecule has 4 saturated heterocycles. The maximum absolute atomic E-state index is 12.7. The molecular weight excluding hydrogens is 1440 g/mol. The molecule has 0 aliphatic carbocycles. The minimum atomic E-state index is -1.08. The van der Waals surface area contributed by atoms with E-state index >= 15 is 0 Å². The summed E-state index contributed by atoms with van der Waals surface area (Å²) >= 11 is 36.8. The molecule has 0 atom stereocenters. The van der Waals surface area contributed by atoms with Crippen molar-refractivity contribution in [2.75, 3.05) is 156 Å². The summed E-state index contributed by atoms with van der Waals surface area (Å²) in [6.45, 7) is 31.1. The van der Waals surface area contributed by atoms with Crippen molar-refractivity contribution in [2.45, 2.75) is 61.2 Å². The average Bonchev–Trinajstić information content (AvgIpc) is 1.63. The fraction of sp³-hybridized carbons (Fsp3) is 0.485. The van der Waals surface area contributed by atoms with Crippen LogP contribution in [0.5, 0.6) is 0 Å². The summed E-state index contributed by atoms with van der Waals surface area (Å²) in [5, 5.41) is 36.8. The van der Waals surface area contributed by atoms with Crippen LogP contribution in [0.2, 0.25) is 25.1 Å². The van der Waals surface area contributed by atoms with Crippen molar-refractivity contribution < 1.29 is 77.0 Å². The van der Waals surface area contributed by atoms with Gasteiger partial charge in [-0.1, -0.05) is 58.0 Å². The molecular formula is C66H82Cl6LiN17O12. The normalized spacial score (nSPS) is 15.1. The van der Waals surface area contributed by atoms with E-state index in [-0.39, 0.29) is 52.0 Å². The number of morpholine rings is 4. The maximum Gasteiger partial charge on any atom is 1.00 e. The zero-order valence-corrected chi connectivity index (χ0v) is 62.5. The molecule has 4 aliphatic heterocycles. The van der Waals surface area contributed by atoms with Crippen molar-refractivity contribution in [3.05, 3.63) is 119 Å². The van der Waals surface area contributed by atoms with Gasteiger partial charge in [0.1, 0.15) is 0 Å². The standard InChI is InChI=1S/C20H21Cl2N5O2.C16H21ClN4O3.C14H17ClN4O3.C10H10ClN3O2.C6H12ClNO.Li.H2O/c1-13-17-18(22)16(20(28)24-15-4-2-14(21)3-5-15)12-23-19(17)27(25-13)7-6-26-8-10-29-11-9-26;1-3-24-16(22)12-10-18-15-13(14(12)17)11(2)19-21(15)5-4-20-6-8-23-9-7-20;1-9-11-12(15)10(14(20)21)8-16-13(11)19(17-9)3-2-18-4-6-22-7-5-18;1-3-16-10(15)6-4-12-9-7(8(6)11)5(2)13-14-9;7-1-2-8-3-5-9-6-4-8;;/h2-5,12H,6-11H2,1H3,(H,24,28);10H,3-9H2,1-2H3;8H,2-7H2,1H3,(H,20,21);4H,3H2,1-2H3,(H,12,13,14);1-6H2;;1H2/q;;;;;+1;/p-1. The van der Waals surface area contributed by atoms with Crippen molar-refractivity contribution in [1.82, 2.24) is 79.1 Å². The molecule has 546 valence electrons. The van der Waals surface area contributed by atoms with Gasteiger partial charge in [0.25, 0.3) is 5.91 Å². The number of aromatic amines is 1. The Kier molecular flexibility index (Phi) is 33.1. The van der Waals surface area contributed by atoms with E-state index in [4.69, 9.17) is 103 Å². The minimum Gasteiger partial charge on any atom is -0.870 e. The van der Waals surface area contributed by atoms with E-state index in [1.807, 2.05) is 37.1 Å². The van der Waals surface area contributed by atoms with Gasteiger partial charge in [0, 0.05) is 126 Å². The van der Waals surface area contributed by atoms with Crippen molar-refractivity contribution in [1.29, 1.82) is 0 Å². The number of anilines is 1. The number of ether oxygens (including phenoxy) is 6. The number of rotatable bonds is 18. The smallest absolute Gasteiger partial charge is 0.870 e. The number of H-pyrrole nitrogens is 1. The molecule has 8 aromatic heterocycles. The molecule has 12 heterocycles. The topological polar surface area (TPSA) is 333 Å². The number of carboxylic acid groups (broad SMARTS) is 1. The number of hydrogen-bond donors (Lipinski definition) is 3. The Labute approximate surface area is 631 Å². The van der Waals surface area contributed by atoms with Gasteiger partial charge in [-0.25, -0.2) is 48.4 Å². The molecule has 0 spiro atoms. The summed E-state index contributed by atoms with van der Waals surface area (Å²) in [4.78, 5) is 73.8. The second-order valence-corrected chi connectivity index (χ2v) is 25.6. The number of benzene rings is 1. The number of alkyl halides is 1. The quantitative estimate of drug-likeness (QED) is 0.0473. The molecule has 4 aliphatic rings. The number of aromatic carboxylic acids is 1. The minimum absolute atomic E-state index is 0. The first-order valence-electron chi connectivity index (χ1n) is 32.7. The van der Waals surface area contributed by atoms with Crippen LogP contribution in [-0.2, 0) is 48.1 Å². The number of carbonyl (C=O) groups is 4. The maximum atomic E-state index is 12.7. The summed E-state index contributed by atoms with van der Waals surface area (Å²) < 4.78 is 36.6. The number of carboxylic acids is 1. The summed E-state index contributed by atoms with van der Waals surface area (Å²) in [6.07, 6.45) is 5.64. The number of fused-ring (bicyclic) bond motifs is 4. The van der Waals surface area contributed by atoms with E-state index in [0.717, 1.165) is 154 Å². The van der Waals surface area contributed by atoms with E-state index in [1.165, 1.54) is 24.8 Å². The number of nitrogens with zero attached hydrogens (tertiary/aromatic N) is 15. The third-order valence-corrected chi connectivity index (χ3v) is 18.6. The number of pyridine rings is 4. The van der Waals surface area contributed by atoms with Gasteiger partial charge in [-0.15, -0.1) is 11.6 Å². The predicted octanol–water partition coefficient (Wildman–Crippen LogP) is 6.44. The number of esters is 2. The molecule has 4 N–H and O–H groups in total. The van der Waals surface area contributed by atoms with Crippen LogP contribution in [0.3, 0.4) is 0 Å². The number of hydrogen-bond acceptors (Lipinski definition) is 23. The van der Waals surface area contributed by atoms with E-state index in [1.54, 1.807) is 42.8 Å². The van der Waals surface area contributed by atoms with Crippen LogP contribution in [0, 0.1) is 27.7 Å². The summed E-state index contributed by atoms with van der Waals surface area (Å²) in [7, 11) is 0.